The maximum absolute atomic E-state index is 11.2. The van der Waals surface area contributed by atoms with Crippen molar-refractivity contribution in [3.8, 4) is 0 Å². The molecule has 0 aliphatic carbocycles. The first-order chi connectivity index (χ1) is 7.44. The lowest BCUT2D eigenvalue weighted by molar-refractivity contribution is -0.190. The Bertz CT molecular complexity index is 358. The molecular formula is C7H14N2O6S. The van der Waals surface area contributed by atoms with Crippen molar-refractivity contribution in [2.24, 2.45) is 0 Å². The van der Waals surface area contributed by atoms with Gasteiger partial charge in [-0.05, 0) is 0 Å². The summed E-state index contributed by atoms with van der Waals surface area (Å²) in [5.74, 6) is 0. The van der Waals surface area contributed by atoms with Crippen LogP contribution >= 0.6 is 0 Å². The maximum atomic E-state index is 11.2. The first kappa shape index (κ1) is 12.2. The minimum atomic E-state index is -3.65. The average molecular weight is 254 g/mol. The van der Waals surface area contributed by atoms with Crippen molar-refractivity contribution in [3.05, 3.63) is 0 Å². The summed E-state index contributed by atoms with van der Waals surface area (Å²) in [4.78, 5) is 0. The molecule has 5 N–H and O–H groups in total. The molecule has 3 unspecified atom stereocenters. The summed E-state index contributed by atoms with van der Waals surface area (Å²) in [6.45, 7) is -0.436. The van der Waals surface area contributed by atoms with Gasteiger partial charge in [0.1, 0.15) is 18.3 Å². The second kappa shape index (κ2) is 4.18. The molecule has 9 heteroatoms. The van der Waals surface area contributed by atoms with Crippen LogP contribution in [0.3, 0.4) is 0 Å². The highest BCUT2D eigenvalue weighted by Gasteiger charge is 2.47. The average Bonchev–Trinajstić information content (AvgIpc) is 2.23. The van der Waals surface area contributed by atoms with Crippen LogP contribution in [0.15, 0.2) is 0 Å². The van der Waals surface area contributed by atoms with Gasteiger partial charge in [-0.25, -0.2) is 0 Å². The first-order valence-corrected chi connectivity index (χ1v) is 6.32. The van der Waals surface area contributed by atoms with E-state index in [2.05, 4.69) is 9.44 Å². The van der Waals surface area contributed by atoms with E-state index in [-0.39, 0.29) is 6.54 Å². The van der Waals surface area contributed by atoms with E-state index in [4.69, 9.17) is 9.84 Å². The van der Waals surface area contributed by atoms with Crippen molar-refractivity contribution in [1.82, 2.24) is 9.44 Å². The van der Waals surface area contributed by atoms with Gasteiger partial charge < -0.3 is 20.1 Å². The zero-order chi connectivity index (χ0) is 11.9. The Morgan fingerprint density at radius 3 is 2.62 bits per heavy atom. The van der Waals surface area contributed by atoms with Gasteiger partial charge in [-0.2, -0.15) is 17.9 Å². The number of fused-ring (bicyclic) bond motifs is 1. The summed E-state index contributed by atoms with van der Waals surface area (Å²) in [6.07, 6.45) is -4.13. The van der Waals surface area contributed by atoms with Crippen LogP contribution in [0.2, 0.25) is 0 Å². The second-order valence-electron chi connectivity index (χ2n) is 3.87. The molecule has 8 nitrogen and oxygen atoms in total. The van der Waals surface area contributed by atoms with E-state index in [9.17, 15) is 18.6 Å². The van der Waals surface area contributed by atoms with Gasteiger partial charge in [-0.15, -0.1) is 0 Å². The Morgan fingerprint density at radius 1 is 1.31 bits per heavy atom. The fourth-order valence-electron chi connectivity index (χ4n) is 1.93. The number of hydrogen-bond acceptors (Lipinski definition) is 6. The zero-order valence-electron chi connectivity index (χ0n) is 8.28. The Kier molecular flexibility index (Phi) is 3.18. The Morgan fingerprint density at radius 2 is 2.00 bits per heavy atom. The summed E-state index contributed by atoms with van der Waals surface area (Å²) in [7, 11) is -3.65. The molecule has 0 aromatic rings. The Balaban J connectivity index is 2.17. The molecule has 0 amide bonds. The Labute approximate surface area is 92.4 Å². The standard InChI is InChI=1S/C7H14N2O6S/c10-2-4-6(11)7(12)5-3(15-4)1-8-16(13,14)9-5/h3-12H,1-2H2/t3-,4?,5+,6?,7?/m0/s1. The number of aliphatic hydroxyl groups is 3. The third-order valence-corrected chi connectivity index (χ3v) is 3.92. The molecule has 2 fully saturated rings. The van der Waals surface area contributed by atoms with E-state index in [1.165, 1.54) is 0 Å². The molecule has 2 aliphatic heterocycles. The summed E-state index contributed by atoms with van der Waals surface area (Å²) in [5, 5.41) is 28.2. The highest BCUT2D eigenvalue weighted by Crippen LogP contribution is 2.23. The van der Waals surface area contributed by atoms with Crippen molar-refractivity contribution in [3.63, 3.8) is 0 Å². The highest BCUT2D eigenvalue weighted by atomic mass is 32.2. The minimum absolute atomic E-state index is 0.000278. The van der Waals surface area contributed by atoms with Crippen molar-refractivity contribution < 1.29 is 28.5 Å². The van der Waals surface area contributed by atoms with Gasteiger partial charge in [0.15, 0.2) is 0 Å². The highest BCUT2D eigenvalue weighted by molar-refractivity contribution is 7.87. The molecule has 0 spiro atoms. The van der Waals surface area contributed by atoms with Crippen LogP contribution in [0.4, 0.5) is 0 Å². The van der Waals surface area contributed by atoms with Gasteiger partial charge in [0.25, 0.3) is 10.2 Å². The van der Waals surface area contributed by atoms with E-state index < -0.39 is 47.3 Å². The van der Waals surface area contributed by atoms with Gasteiger partial charge >= 0.3 is 0 Å². The molecule has 94 valence electrons. The van der Waals surface area contributed by atoms with Crippen molar-refractivity contribution in [2.45, 2.75) is 30.5 Å². The van der Waals surface area contributed by atoms with Gasteiger partial charge in [-0.3, -0.25) is 0 Å². The molecule has 16 heavy (non-hydrogen) atoms. The largest absolute Gasteiger partial charge is 0.394 e. The van der Waals surface area contributed by atoms with Crippen molar-refractivity contribution in [2.75, 3.05) is 13.2 Å². The first-order valence-electron chi connectivity index (χ1n) is 4.84. The number of hydrogen-bond donors (Lipinski definition) is 5. The number of rotatable bonds is 1. The molecule has 0 bridgehead atoms. The fraction of sp³-hybridized carbons (Fsp3) is 1.00. The number of aliphatic hydroxyl groups excluding tert-OH is 3. The van der Waals surface area contributed by atoms with Gasteiger partial charge in [-0.1, -0.05) is 0 Å². The predicted molar refractivity (Wildman–Crippen MR) is 51.6 cm³/mol. The summed E-state index contributed by atoms with van der Waals surface area (Å²) < 4.78 is 32.0. The van der Waals surface area contributed by atoms with Crippen LogP contribution in [0.25, 0.3) is 0 Å². The molecule has 2 heterocycles. The van der Waals surface area contributed by atoms with E-state index in [0.29, 0.717) is 0 Å². The van der Waals surface area contributed by atoms with Gasteiger partial charge in [0.2, 0.25) is 0 Å². The van der Waals surface area contributed by atoms with Crippen LogP contribution in [0, 0.1) is 0 Å². The lowest BCUT2D eigenvalue weighted by Gasteiger charge is -2.44. The minimum Gasteiger partial charge on any atom is -0.394 e. The second-order valence-corrected chi connectivity index (χ2v) is 5.40. The molecule has 0 aromatic heterocycles. The van der Waals surface area contributed by atoms with Crippen molar-refractivity contribution >= 4 is 10.2 Å². The normalized spacial score (nSPS) is 47.3. The van der Waals surface area contributed by atoms with E-state index in [1.807, 2.05) is 0 Å². The quantitative estimate of drug-likeness (QED) is 0.327. The molecule has 2 aliphatic rings. The third kappa shape index (κ3) is 2.07. The SMILES string of the molecule is O=S1(=O)NC[C@@H]2OC(CO)C(O)C(O)[C@@H]2N1. The van der Waals surface area contributed by atoms with Gasteiger partial charge in [0, 0.05) is 6.54 Å². The zero-order valence-corrected chi connectivity index (χ0v) is 9.09. The molecule has 2 saturated heterocycles. The van der Waals surface area contributed by atoms with Gasteiger partial charge in [0.05, 0.1) is 18.8 Å². The third-order valence-electron chi connectivity index (χ3n) is 2.79. The van der Waals surface area contributed by atoms with Crippen LogP contribution in [-0.4, -0.2) is 67.3 Å². The Hall–Kier alpha value is -0.290. The molecule has 0 saturated carbocycles. The molecule has 5 atom stereocenters. The number of nitrogens with one attached hydrogen (secondary N) is 2. The molecule has 0 aromatic carbocycles. The lowest BCUT2D eigenvalue weighted by Crippen LogP contribution is -2.70. The maximum Gasteiger partial charge on any atom is 0.277 e. The lowest BCUT2D eigenvalue weighted by atomic mass is 9.93. The predicted octanol–water partition coefficient (Wildman–Crippen LogP) is -3.73. The van der Waals surface area contributed by atoms with Crippen molar-refractivity contribution in [1.29, 1.82) is 0 Å². The summed E-state index contributed by atoms with van der Waals surface area (Å²) in [5.41, 5.74) is 0. The monoisotopic (exact) mass is 254 g/mol. The topological polar surface area (TPSA) is 128 Å². The van der Waals surface area contributed by atoms with E-state index in [1.54, 1.807) is 0 Å². The van der Waals surface area contributed by atoms with Crippen LogP contribution in [0.1, 0.15) is 0 Å². The molecule has 0 radical (unpaired) electrons. The molecule has 2 rings (SSSR count). The van der Waals surface area contributed by atoms with Crippen LogP contribution in [0.5, 0.6) is 0 Å². The van der Waals surface area contributed by atoms with Crippen LogP contribution in [-0.2, 0) is 14.9 Å². The fourth-order valence-corrected chi connectivity index (χ4v) is 3.04. The molecular weight excluding hydrogens is 240 g/mol. The number of ether oxygens (including phenoxy) is 1. The smallest absolute Gasteiger partial charge is 0.277 e. The van der Waals surface area contributed by atoms with E-state index >= 15 is 0 Å². The van der Waals surface area contributed by atoms with E-state index in [0.717, 1.165) is 0 Å². The van der Waals surface area contributed by atoms with Crippen LogP contribution < -0.4 is 9.44 Å². The summed E-state index contributed by atoms with van der Waals surface area (Å²) >= 11 is 0. The summed E-state index contributed by atoms with van der Waals surface area (Å²) in [6, 6.07) is -0.899.